The van der Waals surface area contributed by atoms with Crippen molar-refractivity contribution in [1.82, 2.24) is 4.90 Å². The molecule has 0 bridgehead atoms. The predicted octanol–water partition coefficient (Wildman–Crippen LogP) is 5.67. The molecular formula is C33H24N2O3. The van der Waals surface area contributed by atoms with E-state index >= 15 is 0 Å². The molecule has 5 heteroatoms. The first kappa shape index (κ1) is 22.4. The highest BCUT2D eigenvalue weighted by atomic mass is 16.2. The summed E-state index contributed by atoms with van der Waals surface area (Å²) in [6.45, 7) is 0. The highest BCUT2D eigenvalue weighted by molar-refractivity contribution is 6.16. The van der Waals surface area contributed by atoms with Gasteiger partial charge in [0.15, 0.2) is 11.6 Å². The average molecular weight is 497 g/mol. The molecule has 1 fully saturated rings. The third-order valence-corrected chi connectivity index (χ3v) is 8.24. The number of nitrogens with one attached hydrogen (secondary N) is 1. The van der Waals surface area contributed by atoms with Gasteiger partial charge in [0.25, 0.3) is 0 Å². The van der Waals surface area contributed by atoms with E-state index in [0.29, 0.717) is 16.8 Å². The van der Waals surface area contributed by atoms with Crippen LogP contribution < -0.4 is 5.32 Å². The Morgan fingerprint density at radius 1 is 0.711 bits per heavy atom. The van der Waals surface area contributed by atoms with Crippen LogP contribution in [0.3, 0.4) is 0 Å². The maximum atomic E-state index is 14.6. The van der Waals surface area contributed by atoms with E-state index < -0.39 is 23.4 Å². The van der Waals surface area contributed by atoms with E-state index in [1.807, 2.05) is 102 Å². The molecule has 4 atom stereocenters. The number of amides is 1. The van der Waals surface area contributed by atoms with E-state index in [1.165, 1.54) is 0 Å². The van der Waals surface area contributed by atoms with E-state index in [9.17, 15) is 14.4 Å². The van der Waals surface area contributed by atoms with Crippen molar-refractivity contribution in [3.63, 3.8) is 0 Å². The molecule has 184 valence electrons. The van der Waals surface area contributed by atoms with Gasteiger partial charge in [-0.2, -0.15) is 0 Å². The normalized spacial score (nSPS) is 24.5. The summed E-state index contributed by atoms with van der Waals surface area (Å²) < 4.78 is 0. The zero-order valence-corrected chi connectivity index (χ0v) is 20.5. The highest BCUT2D eigenvalue weighted by Gasteiger charge is 2.70. The number of anilines is 1. The van der Waals surface area contributed by atoms with Crippen LogP contribution in [-0.4, -0.2) is 28.4 Å². The molecule has 5 nitrogen and oxygen atoms in total. The van der Waals surface area contributed by atoms with Crippen molar-refractivity contribution in [3.8, 4) is 0 Å². The van der Waals surface area contributed by atoms with Crippen molar-refractivity contribution < 1.29 is 14.4 Å². The van der Waals surface area contributed by atoms with Gasteiger partial charge < -0.3 is 10.2 Å². The van der Waals surface area contributed by atoms with Crippen LogP contribution in [0.5, 0.6) is 0 Å². The van der Waals surface area contributed by atoms with Gasteiger partial charge in [-0.15, -0.1) is 0 Å². The molecule has 38 heavy (non-hydrogen) atoms. The summed E-state index contributed by atoms with van der Waals surface area (Å²) in [5.41, 5.74) is 3.03. The van der Waals surface area contributed by atoms with Gasteiger partial charge in [-0.25, -0.2) is 0 Å². The minimum Gasteiger partial charge on any atom is -0.358 e. The Bertz CT molecular complexity index is 1630. The molecule has 0 aliphatic carbocycles. The molecule has 1 saturated heterocycles. The lowest BCUT2D eigenvalue weighted by Gasteiger charge is -2.38. The first-order valence-electron chi connectivity index (χ1n) is 12.8. The van der Waals surface area contributed by atoms with Gasteiger partial charge in [-0.05, 0) is 28.8 Å². The molecule has 3 heterocycles. The zero-order chi connectivity index (χ0) is 25.9. The number of hydrogen-bond acceptors (Lipinski definition) is 4. The molecule has 7 rings (SSSR count). The Balaban J connectivity index is 1.55. The third-order valence-electron chi connectivity index (χ3n) is 8.24. The minimum absolute atomic E-state index is 0.178. The average Bonchev–Trinajstić information content (AvgIpc) is 3.45. The maximum absolute atomic E-state index is 14.6. The summed E-state index contributed by atoms with van der Waals surface area (Å²) in [4.78, 5) is 45.2. The number of para-hydroxylation sites is 1. The van der Waals surface area contributed by atoms with E-state index in [2.05, 4.69) is 5.32 Å². The summed E-state index contributed by atoms with van der Waals surface area (Å²) in [7, 11) is 0. The van der Waals surface area contributed by atoms with Gasteiger partial charge in [0.2, 0.25) is 5.91 Å². The van der Waals surface area contributed by atoms with Gasteiger partial charge >= 0.3 is 0 Å². The number of ketones is 2. The first-order valence-corrected chi connectivity index (χ1v) is 12.8. The van der Waals surface area contributed by atoms with E-state index in [0.717, 1.165) is 16.7 Å². The SMILES string of the molecule is O=C(c1ccccc1)[C@@H]1[C@H](C(=O)c2ccccc2)N2C=Cc3ccccc3[C@@H]2[C@]12C(=O)Nc1ccccc12. The lowest BCUT2D eigenvalue weighted by atomic mass is 9.62. The second-order valence-corrected chi connectivity index (χ2v) is 10.0. The van der Waals surface area contributed by atoms with Crippen molar-refractivity contribution in [2.24, 2.45) is 5.92 Å². The van der Waals surface area contributed by atoms with Crippen molar-refractivity contribution >= 4 is 29.2 Å². The molecule has 1 amide bonds. The fraction of sp³-hybridized carbons (Fsp3) is 0.121. The van der Waals surface area contributed by atoms with Crippen molar-refractivity contribution in [3.05, 3.63) is 143 Å². The van der Waals surface area contributed by atoms with Gasteiger partial charge in [0.05, 0.1) is 12.0 Å². The van der Waals surface area contributed by atoms with Crippen LogP contribution in [0.1, 0.15) is 43.4 Å². The summed E-state index contributed by atoms with van der Waals surface area (Å²) in [5, 5.41) is 3.08. The largest absolute Gasteiger partial charge is 0.358 e. The van der Waals surface area contributed by atoms with Crippen LogP contribution >= 0.6 is 0 Å². The first-order chi connectivity index (χ1) is 18.6. The molecule has 0 aromatic heterocycles. The smallest absolute Gasteiger partial charge is 0.238 e. The molecule has 1 spiro atoms. The highest BCUT2D eigenvalue weighted by Crippen LogP contribution is 2.62. The van der Waals surface area contributed by atoms with Crippen LogP contribution in [0, 0.1) is 5.92 Å². The van der Waals surface area contributed by atoms with Crippen molar-refractivity contribution in [2.75, 3.05) is 5.32 Å². The van der Waals surface area contributed by atoms with E-state index in [1.54, 1.807) is 24.3 Å². The Morgan fingerprint density at radius 3 is 2.05 bits per heavy atom. The lowest BCUT2D eigenvalue weighted by Crippen LogP contribution is -2.49. The minimum atomic E-state index is -1.31. The van der Waals surface area contributed by atoms with Crippen LogP contribution in [0.15, 0.2) is 115 Å². The van der Waals surface area contributed by atoms with E-state index in [4.69, 9.17) is 0 Å². The topological polar surface area (TPSA) is 66.5 Å². The van der Waals surface area contributed by atoms with Gasteiger partial charge in [0.1, 0.15) is 11.5 Å². The molecule has 1 N–H and O–H groups in total. The molecule has 0 radical (unpaired) electrons. The second-order valence-electron chi connectivity index (χ2n) is 10.0. The van der Waals surface area contributed by atoms with Crippen LogP contribution in [-0.2, 0) is 10.2 Å². The molecular weight excluding hydrogens is 472 g/mol. The summed E-state index contributed by atoms with van der Waals surface area (Å²) >= 11 is 0. The fourth-order valence-electron chi connectivity index (χ4n) is 6.72. The number of hydrogen-bond donors (Lipinski definition) is 1. The van der Waals surface area contributed by atoms with Crippen LogP contribution in [0.2, 0.25) is 0 Å². The number of Topliss-reactive ketones (excluding diaryl/α,β-unsaturated/α-hetero) is 2. The predicted molar refractivity (Wildman–Crippen MR) is 146 cm³/mol. The van der Waals surface area contributed by atoms with Gasteiger partial charge in [-0.3, -0.25) is 14.4 Å². The number of carbonyl (C=O) groups is 3. The molecule has 0 saturated carbocycles. The monoisotopic (exact) mass is 496 g/mol. The number of nitrogens with zero attached hydrogens (tertiary/aromatic N) is 1. The lowest BCUT2D eigenvalue weighted by molar-refractivity contribution is -0.122. The van der Waals surface area contributed by atoms with Crippen molar-refractivity contribution in [1.29, 1.82) is 0 Å². The van der Waals surface area contributed by atoms with Crippen molar-refractivity contribution in [2.45, 2.75) is 17.5 Å². The summed E-state index contributed by atoms with van der Waals surface area (Å²) in [6.07, 6.45) is 3.87. The third kappa shape index (κ3) is 2.96. The Morgan fingerprint density at radius 2 is 1.32 bits per heavy atom. The molecule has 4 aromatic rings. The summed E-state index contributed by atoms with van der Waals surface area (Å²) in [5.74, 6) is -1.60. The van der Waals surface area contributed by atoms with Crippen LogP contribution in [0.25, 0.3) is 6.08 Å². The molecule has 3 aliphatic heterocycles. The number of rotatable bonds is 4. The quantitative estimate of drug-likeness (QED) is 0.370. The van der Waals surface area contributed by atoms with E-state index in [-0.39, 0.29) is 17.5 Å². The summed E-state index contributed by atoms with van der Waals surface area (Å²) in [6, 6.07) is 32.1. The maximum Gasteiger partial charge on any atom is 0.238 e. The number of benzene rings is 4. The number of carbonyl (C=O) groups excluding carboxylic acids is 3. The molecule has 0 unspecified atom stereocenters. The fourth-order valence-corrected chi connectivity index (χ4v) is 6.72. The number of fused-ring (bicyclic) bond motifs is 6. The standard InChI is InChI=1S/C33H24N2O3/c36-29(22-12-3-1-4-13-22)27-28(30(37)23-14-5-2-6-15-23)35-20-19-21-11-7-8-16-24(21)31(35)33(27)25-17-9-10-18-26(25)34-32(33)38/h1-20,27-28,31H,(H,34,38)/t27-,28+,31+,33+/m0/s1. The van der Waals surface area contributed by atoms with Gasteiger partial charge in [-0.1, -0.05) is 103 Å². The zero-order valence-electron chi connectivity index (χ0n) is 20.5. The Labute approximate surface area is 220 Å². The van der Waals surface area contributed by atoms with Gasteiger partial charge in [0, 0.05) is 23.0 Å². The second kappa shape index (κ2) is 8.38. The molecule has 3 aliphatic rings. The Hall–Kier alpha value is -4.77. The Kier molecular flexibility index (Phi) is 4.95. The van der Waals surface area contributed by atoms with Crippen LogP contribution in [0.4, 0.5) is 5.69 Å². The molecule has 4 aromatic carbocycles.